The molecule has 1 atom stereocenters. The fraction of sp³-hybridized carbons (Fsp3) is 0.207. The third kappa shape index (κ3) is 7.08. The second-order valence-electron chi connectivity index (χ2n) is 8.60. The molecule has 1 unspecified atom stereocenters. The van der Waals surface area contributed by atoms with Crippen molar-refractivity contribution in [2.24, 2.45) is 4.99 Å². The van der Waals surface area contributed by atoms with E-state index in [4.69, 9.17) is 21.1 Å². The highest BCUT2D eigenvalue weighted by Crippen LogP contribution is 2.32. The lowest BCUT2D eigenvalue weighted by atomic mass is 10.1. The third-order valence-corrected chi connectivity index (χ3v) is 7.45. The molecular weight excluding hydrogens is 554 g/mol. The van der Waals surface area contributed by atoms with Gasteiger partial charge in [-0.25, -0.2) is 14.6 Å². The number of anilines is 1. The summed E-state index contributed by atoms with van der Waals surface area (Å²) in [6, 6.07) is 19.9. The van der Waals surface area contributed by atoms with E-state index in [1.165, 1.54) is 12.0 Å². The zero-order valence-corrected chi connectivity index (χ0v) is 23.3. The number of halogens is 1. The first kappa shape index (κ1) is 28.8. The molecular formula is C29H26ClN3O6S. The number of hydrogen-bond donors (Lipinski definition) is 1. The number of aliphatic imine (C=N–C) groups is 1. The van der Waals surface area contributed by atoms with Crippen molar-refractivity contribution < 1.29 is 28.7 Å². The number of esters is 2. The molecule has 1 aliphatic rings. The smallest absolute Gasteiger partial charge is 0.338 e. The van der Waals surface area contributed by atoms with E-state index >= 15 is 0 Å². The van der Waals surface area contributed by atoms with E-state index < -0.39 is 17.2 Å². The summed E-state index contributed by atoms with van der Waals surface area (Å²) in [7, 11) is 1.29. The van der Waals surface area contributed by atoms with Gasteiger partial charge in [-0.1, -0.05) is 41.6 Å². The Bertz CT molecular complexity index is 1440. The Morgan fingerprint density at radius 3 is 2.30 bits per heavy atom. The van der Waals surface area contributed by atoms with Crippen LogP contribution in [0.1, 0.15) is 39.6 Å². The van der Waals surface area contributed by atoms with Crippen LogP contribution in [0.2, 0.25) is 5.02 Å². The minimum Gasteiger partial charge on any atom is -0.465 e. The molecule has 1 aliphatic heterocycles. The van der Waals surface area contributed by atoms with Gasteiger partial charge in [0, 0.05) is 17.1 Å². The molecule has 0 aliphatic carbocycles. The second-order valence-corrected chi connectivity index (χ2v) is 10.2. The zero-order valence-electron chi connectivity index (χ0n) is 21.8. The van der Waals surface area contributed by atoms with Crippen LogP contribution in [0, 0.1) is 0 Å². The fourth-order valence-corrected chi connectivity index (χ4v) is 5.11. The summed E-state index contributed by atoms with van der Waals surface area (Å²) in [6.07, 6.45) is -0.0536. The number of amidine groups is 1. The topological polar surface area (TPSA) is 114 Å². The lowest BCUT2D eigenvalue weighted by molar-refractivity contribution is -0.129. The van der Waals surface area contributed by atoms with Crippen LogP contribution >= 0.6 is 23.4 Å². The Morgan fingerprint density at radius 2 is 1.65 bits per heavy atom. The molecule has 1 saturated heterocycles. The van der Waals surface area contributed by atoms with Crippen LogP contribution in [0.5, 0.6) is 0 Å². The molecule has 1 N–H and O–H groups in total. The highest BCUT2D eigenvalue weighted by molar-refractivity contribution is 8.15. The predicted octanol–water partition coefficient (Wildman–Crippen LogP) is 5.46. The first-order chi connectivity index (χ1) is 19.3. The van der Waals surface area contributed by atoms with Gasteiger partial charge in [0.15, 0.2) is 5.17 Å². The Balaban J connectivity index is 1.58. The van der Waals surface area contributed by atoms with E-state index in [2.05, 4.69) is 10.3 Å². The van der Waals surface area contributed by atoms with Crippen molar-refractivity contribution in [1.29, 1.82) is 0 Å². The van der Waals surface area contributed by atoms with Gasteiger partial charge in [0.25, 0.3) is 0 Å². The van der Waals surface area contributed by atoms with Crippen molar-refractivity contribution in [1.82, 2.24) is 4.90 Å². The van der Waals surface area contributed by atoms with Crippen molar-refractivity contribution in [2.45, 2.75) is 25.1 Å². The van der Waals surface area contributed by atoms with Crippen molar-refractivity contribution in [3.63, 3.8) is 0 Å². The fourth-order valence-electron chi connectivity index (χ4n) is 3.82. The Hall–Kier alpha value is -4.15. The molecule has 0 saturated carbocycles. The number of thioether (sulfide) groups is 1. The zero-order chi connectivity index (χ0) is 28.6. The van der Waals surface area contributed by atoms with E-state index in [1.807, 2.05) is 12.1 Å². The van der Waals surface area contributed by atoms with Crippen molar-refractivity contribution >= 4 is 63.7 Å². The Labute approximate surface area is 240 Å². The van der Waals surface area contributed by atoms with Gasteiger partial charge in [0.1, 0.15) is 5.25 Å². The summed E-state index contributed by atoms with van der Waals surface area (Å²) in [4.78, 5) is 56.4. The monoisotopic (exact) mass is 579 g/mol. The normalized spacial score (nSPS) is 16.0. The van der Waals surface area contributed by atoms with Crippen LogP contribution in [0.15, 0.2) is 77.8 Å². The van der Waals surface area contributed by atoms with E-state index in [1.54, 1.807) is 67.6 Å². The average molecular weight is 580 g/mol. The van der Waals surface area contributed by atoms with Crippen LogP contribution in [0.4, 0.5) is 11.4 Å². The summed E-state index contributed by atoms with van der Waals surface area (Å²) in [5, 5.41) is 2.87. The van der Waals surface area contributed by atoms with Crippen molar-refractivity contribution in [2.75, 3.05) is 19.0 Å². The van der Waals surface area contributed by atoms with E-state index in [-0.39, 0.29) is 31.4 Å². The number of hydrogen-bond acceptors (Lipinski definition) is 8. The predicted molar refractivity (Wildman–Crippen MR) is 154 cm³/mol. The van der Waals surface area contributed by atoms with Crippen LogP contribution in [0.3, 0.4) is 0 Å². The van der Waals surface area contributed by atoms with Gasteiger partial charge in [-0.15, -0.1) is 0 Å². The quantitative estimate of drug-likeness (QED) is 0.352. The number of nitrogens with one attached hydrogen (secondary N) is 1. The highest BCUT2D eigenvalue weighted by Gasteiger charge is 2.36. The van der Waals surface area contributed by atoms with Gasteiger partial charge in [-0.2, -0.15) is 0 Å². The van der Waals surface area contributed by atoms with Gasteiger partial charge >= 0.3 is 11.9 Å². The third-order valence-electron chi connectivity index (χ3n) is 5.90. The largest absolute Gasteiger partial charge is 0.465 e. The van der Waals surface area contributed by atoms with Crippen molar-refractivity contribution in [3.05, 3.63) is 94.5 Å². The van der Waals surface area contributed by atoms with Crippen LogP contribution in [-0.2, 0) is 25.6 Å². The number of carbonyl (C=O) groups is 4. The first-order valence-corrected chi connectivity index (χ1v) is 13.6. The van der Waals surface area contributed by atoms with E-state index in [0.717, 1.165) is 17.3 Å². The minimum absolute atomic E-state index is 0.0536. The lowest BCUT2D eigenvalue weighted by Gasteiger charge is -2.32. The molecule has 3 aromatic rings. The number of carbonyl (C=O) groups excluding carboxylic acids is 4. The number of ether oxygens (including phenoxy) is 2. The summed E-state index contributed by atoms with van der Waals surface area (Å²) in [5.74, 6) is -1.60. The molecule has 206 valence electrons. The number of benzene rings is 3. The molecule has 40 heavy (non-hydrogen) atoms. The maximum absolute atomic E-state index is 13.3. The van der Waals surface area contributed by atoms with Gasteiger partial charge in [0.2, 0.25) is 11.8 Å². The number of rotatable bonds is 8. The number of nitrogens with zero attached hydrogens (tertiary/aromatic N) is 2. The molecule has 1 heterocycles. The maximum Gasteiger partial charge on any atom is 0.338 e. The van der Waals surface area contributed by atoms with Crippen LogP contribution in [0.25, 0.3) is 0 Å². The molecule has 0 radical (unpaired) electrons. The number of methoxy groups -OCH3 is 1. The second kappa shape index (κ2) is 13.3. The van der Waals surface area contributed by atoms with E-state index in [9.17, 15) is 19.2 Å². The van der Waals surface area contributed by atoms with Gasteiger partial charge in [-0.05, 0) is 67.1 Å². The molecule has 0 aromatic heterocycles. The van der Waals surface area contributed by atoms with Gasteiger partial charge < -0.3 is 14.8 Å². The first-order valence-electron chi connectivity index (χ1n) is 12.3. The maximum atomic E-state index is 13.3. The molecule has 11 heteroatoms. The highest BCUT2D eigenvalue weighted by atomic mass is 35.5. The van der Waals surface area contributed by atoms with E-state index in [0.29, 0.717) is 32.7 Å². The summed E-state index contributed by atoms with van der Waals surface area (Å²) in [6.45, 7) is 2.17. The molecule has 9 nitrogen and oxygen atoms in total. The SMILES string of the molecule is CCOC(=O)c1ccc(N=C2SC(C(=O)Nc3ccc(C(=O)OC)cc3)CC(=O)N2Cc2ccccc2Cl)cc1. The molecule has 0 bridgehead atoms. The molecule has 0 spiro atoms. The summed E-state index contributed by atoms with van der Waals surface area (Å²) in [5.41, 5.74) is 2.42. The Morgan fingerprint density at radius 1 is 1.00 bits per heavy atom. The van der Waals surface area contributed by atoms with Crippen LogP contribution in [-0.4, -0.2) is 52.8 Å². The standard InChI is InChI=1S/C29H26ClN3O6S/c1-3-39-28(37)19-10-14-22(15-11-19)32-29-33(17-20-6-4-5-7-23(20)30)25(34)16-24(40-29)26(35)31-21-12-8-18(9-13-21)27(36)38-2/h4-15,24H,3,16-17H2,1-2H3,(H,31,35). The minimum atomic E-state index is -0.757. The van der Waals surface area contributed by atoms with Gasteiger partial charge in [0.05, 0.1) is 37.1 Å². The number of amides is 2. The van der Waals surface area contributed by atoms with Crippen LogP contribution < -0.4 is 5.32 Å². The summed E-state index contributed by atoms with van der Waals surface area (Å²) >= 11 is 7.51. The lowest BCUT2D eigenvalue weighted by Crippen LogP contribution is -2.44. The summed E-state index contributed by atoms with van der Waals surface area (Å²) < 4.78 is 9.73. The molecule has 4 rings (SSSR count). The Kier molecular flexibility index (Phi) is 9.57. The van der Waals surface area contributed by atoms with Gasteiger partial charge in [-0.3, -0.25) is 14.5 Å². The molecule has 2 amide bonds. The molecule has 3 aromatic carbocycles. The molecule has 1 fully saturated rings. The van der Waals surface area contributed by atoms with Crippen molar-refractivity contribution in [3.8, 4) is 0 Å². The average Bonchev–Trinajstić information content (AvgIpc) is 2.96.